The van der Waals surface area contributed by atoms with Gasteiger partial charge in [0.25, 0.3) is 0 Å². The van der Waals surface area contributed by atoms with Gasteiger partial charge in [0.2, 0.25) is 0 Å². The molecule has 0 N–H and O–H groups in total. The predicted molar refractivity (Wildman–Crippen MR) is 55.2 cm³/mol. The van der Waals surface area contributed by atoms with Gasteiger partial charge in [0.1, 0.15) is 0 Å². The molecule has 0 radical (unpaired) electrons. The molecule has 1 aliphatic carbocycles. The molecule has 0 bridgehead atoms. The van der Waals surface area contributed by atoms with Crippen LogP contribution in [0.1, 0.15) is 53.4 Å². The zero-order valence-corrected chi connectivity index (χ0v) is 9.28. The molecule has 0 aromatic heterocycles. The van der Waals surface area contributed by atoms with Crippen molar-refractivity contribution >= 4 is 0 Å². The van der Waals surface area contributed by atoms with Gasteiger partial charge in [0, 0.05) is 0 Å². The first-order valence-corrected chi connectivity index (χ1v) is 5.25. The zero-order valence-electron chi connectivity index (χ0n) is 9.28. The van der Waals surface area contributed by atoms with Gasteiger partial charge in [0.05, 0.1) is 5.83 Å². The van der Waals surface area contributed by atoms with Crippen molar-refractivity contribution in [1.29, 1.82) is 0 Å². The SMILES string of the molecule is CC(F)=C1CCC(C(C)(C)C)CC1. The number of allylic oxidation sites excluding steroid dienone is 2. The largest absolute Gasteiger partial charge is 0.212 e. The first-order valence-electron chi connectivity index (χ1n) is 5.25. The van der Waals surface area contributed by atoms with Crippen LogP contribution >= 0.6 is 0 Å². The van der Waals surface area contributed by atoms with Crippen LogP contribution in [-0.2, 0) is 0 Å². The zero-order chi connectivity index (χ0) is 10.1. The molecule has 1 rings (SSSR count). The third-order valence-electron chi connectivity index (χ3n) is 3.30. The molecule has 1 heteroatoms. The van der Waals surface area contributed by atoms with Gasteiger partial charge >= 0.3 is 0 Å². The van der Waals surface area contributed by atoms with E-state index in [1.54, 1.807) is 6.92 Å². The van der Waals surface area contributed by atoms with Gasteiger partial charge in [-0.05, 0) is 49.5 Å². The Morgan fingerprint density at radius 3 is 2.00 bits per heavy atom. The standard InChI is InChI=1S/C12H21F/c1-9(13)10-5-7-11(8-6-10)12(2,3)4/h11H,5-8H2,1-4H3. The fourth-order valence-corrected chi connectivity index (χ4v) is 2.18. The lowest BCUT2D eigenvalue weighted by Gasteiger charge is -2.34. The molecule has 76 valence electrons. The topological polar surface area (TPSA) is 0 Å². The van der Waals surface area contributed by atoms with E-state index >= 15 is 0 Å². The molecule has 0 nitrogen and oxygen atoms in total. The Hall–Kier alpha value is -0.330. The second-order valence-electron chi connectivity index (χ2n) is 5.28. The number of rotatable bonds is 0. The Labute approximate surface area is 81.2 Å². The third kappa shape index (κ3) is 2.82. The molecule has 0 spiro atoms. The monoisotopic (exact) mass is 184 g/mol. The van der Waals surface area contributed by atoms with Crippen molar-refractivity contribution in [2.24, 2.45) is 11.3 Å². The van der Waals surface area contributed by atoms with Crippen LogP contribution in [0.2, 0.25) is 0 Å². The van der Waals surface area contributed by atoms with E-state index in [1.807, 2.05) is 0 Å². The highest BCUT2D eigenvalue weighted by molar-refractivity contribution is 5.09. The minimum atomic E-state index is 0.0624. The maximum absolute atomic E-state index is 12.9. The molecule has 0 aliphatic heterocycles. The normalized spacial score (nSPS) is 24.7. The van der Waals surface area contributed by atoms with Crippen LogP contribution in [0, 0.1) is 11.3 Å². The van der Waals surface area contributed by atoms with Crippen LogP contribution in [0.5, 0.6) is 0 Å². The molecule has 0 unspecified atom stereocenters. The second-order valence-corrected chi connectivity index (χ2v) is 5.28. The third-order valence-corrected chi connectivity index (χ3v) is 3.30. The summed E-state index contributed by atoms with van der Waals surface area (Å²) in [7, 11) is 0. The van der Waals surface area contributed by atoms with Crippen molar-refractivity contribution in [3.63, 3.8) is 0 Å². The smallest absolute Gasteiger partial charge is 0.0960 e. The van der Waals surface area contributed by atoms with Crippen molar-refractivity contribution in [2.45, 2.75) is 53.4 Å². The summed E-state index contributed by atoms with van der Waals surface area (Å²) in [6.45, 7) is 8.45. The van der Waals surface area contributed by atoms with Crippen LogP contribution < -0.4 is 0 Å². The van der Waals surface area contributed by atoms with Crippen LogP contribution in [0.15, 0.2) is 11.4 Å². The van der Waals surface area contributed by atoms with Gasteiger partial charge in [-0.1, -0.05) is 20.8 Å². The van der Waals surface area contributed by atoms with Gasteiger partial charge in [-0.15, -0.1) is 0 Å². The lowest BCUT2D eigenvalue weighted by atomic mass is 9.71. The summed E-state index contributed by atoms with van der Waals surface area (Å²) in [5.74, 6) is 0.836. The van der Waals surface area contributed by atoms with Gasteiger partial charge in [-0.2, -0.15) is 0 Å². The van der Waals surface area contributed by atoms with Crippen molar-refractivity contribution in [1.82, 2.24) is 0 Å². The van der Waals surface area contributed by atoms with E-state index in [1.165, 1.54) is 12.8 Å². The quantitative estimate of drug-likeness (QED) is 0.521. The van der Waals surface area contributed by atoms with Crippen molar-refractivity contribution in [3.05, 3.63) is 11.4 Å². The highest BCUT2D eigenvalue weighted by atomic mass is 19.1. The molecule has 13 heavy (non-hydrogen) atoms. The van der Waals surface area contributed by atoms with Crippen LogP contribution in [-0.4, -0.2) is 0 Å². The molecular weight excluding hydrogens is 163 g/mol. The summed E-state index contributed by atoms with van der Waals surface area (Å²) >= 11 is 0. The van der Waals surface area contributed by atoms with E-state index in [0.717, 1.165) is 24.3 Å². The van der Waals surface area contributed by atoms with Gasteiger partial charge in [0.15, 0.2) is 0 Å². The van der Waals surface area contributed by atoms with E-state index in [9.17, 15) is 4.39 Å². The van der Waals surface area contributed by atoms with Crippen molar-refractivity contribution in [3.8, 4) is 0 Å². The predicted octanol–water partition coefficient (Wildman–Crippen LogP) is 4.47. The lowest BCUT2D eigenvalue weighted by Crippen LogP contribution is -2.23. The van der Waals surface area contributed by atoms with E-state index < -0.39 is 0 Å². The summed E-state index contributed by atoms with van der Waals surface area (Å²) in [5, 5.41) is 0. The number of halogens is 1. The van der Waals surface area contributed by atoms with Crippen molar-refractivity contribution in [2.75, 3.05) is 0 Å². The van der Waals surface area contributed by atoms with Crippen LogP contribution in [0.4, 0.5) is 4.39 Å². The first-order chi connectivity index (χ1) is 5.91. The van der Waals surface area contributed by atoms with E-state index in [-0.39, 0.29) is 5.83 Å². The van der Waals surface area contributed by atoms with Crippen molar-refractivity contribution < 1.29 is 4.39 Å². The molecule has 0 heterocycles. The molecule has 1 fully saturated rings. The molecule has 0 amide bonds. The highest BCUT2D eigenvalue weighted by Crippen LogP contribution is 2.40. The van der Waals surface area contributed by atoms with E-state index in [2.05, 4.69) is 20.8 Å². The molecular formula is C12H21F. The maximum atomic E-state index is 12.9. The Morgan fingerprint density at radius 2 is 1.69 bits per heavy atom. The van der Waals surface area contributed by atoms with E-state index in [0.29, 0.717) is 5.41 Å². The molecule has 1 aliphatic rings. The Bertz CT molecular complexity index is 194. The van der Waals surface area contributed by atoms with E-state index in [4.69, 9.17) is 0 Å². The minimum absolute atomic E-state index is 0.0624. The summed E-state index contributed by atoms with van der Waals surface area (Å²) in [4.78, 5) is 0. The Balaban J connectivity index is 2.54. The average molecular weight is 184 g/mol. The first kappa shape index (κ1) is 10.7. The Morgan fingerprint density at radius 1 is 1.23 bits per heavy atom. The number of hydrogen-bond donors (Lipinski definition) is 0. The highest BCUT2D eigenvalue weighted by Gasteiger charge is 2.27. The summed E-state index contributed by atoms with van der Waals surface area (Å²) in [6, 6.07) is 0. The second kappa shape index (κ2) is 3.81. The molecule has 1 saturated carbocycles. The van der Waals surface area contributed by atoms with Gasteiger partial charge in [-0.3, -0.25) is 0 Å². The Kier molecular flexibility index (Phi) is 3.15. The molecule has 0 aromatic rings. The summed E-state index contributed by atoms with van der Waals surface area (Å²) in [6.07, 6.45) is 4.29. The minimum Gasteiger partial charge on any atom is -0.212 e. The fraction of sp³-hybridized carbons (Fsp3) is 0.833. The average Bonchev–Trinajstić information content (AvgIpc) is 2.03. The van der Waals surface area contributed by atoms with Crippen LogP contribution in [0.3, 0.4) is 0 Å². The van der Waals surface area contributed by atoms with Gasteiger partial charge in [-0.25, -0.2) is 4.39 Å². The molecule has 0 aromatic carbocycles. The maximum Gasteiger partial charge on any atom is 0.0960 e. The van der Waals surface area contributed by atoms with Crippen LogP contribution in [0.25, 0.3) is 0 Å². The summed E-state index contributed by atoms with van der Waals surface area (Å²) in [5.41, 5.74) is 1.45. The summed E-state index contributed by atoms with van der Waals surface area (Å²) < 4.78 is 12.9. The lowest BCUT2D eigenvalue weighted by molar-refractivity contribution is 0.196. The molecule has 0 saturated heterocycles. The fourth-order valence-electron chi connectivity index (χ4n) is 2.18. The molecule has 0 atom stereocenters. The van der Waals surface area contributed by atoms with Gasteiger partial charge < -0.3 is 0 Å². The number of hydrogen-bond acceptors (Lipinski definition) is 0.